The second kappa shape index (κ2) is 4.62. The molecule has 0 radical (unpaired) electrons. The van der Waals surface area contributed by atoms with Crippen molar-refractivity contribution >= 4 is 33.4 Å². The molecular formula is C19H14N2S. The molecule has 3 aromatic carbocycles. The third kappa shape index (κ3) is 1.79. The number of anilines is 1. The summed E-state index contributed by atoms with van der Waals surface area (Å²) in [5.41, 5.74) is 2.60. The summed E-state index contributed by atoms with van der Waals surface area (Å²) in [7, 11) is 0. The Hall–Kier alpha value is -2.26. The van der Waals surface area contributed by atoms with Crippen molar-refractivity contribution in [3.63, 3.8) is 0 Å². The maximum atomic E-state index is 4.95. The van der Waals surface area contributed by atoms with E-state index < -0.39 is 0 Å². The van der Waals surface area contributed by atoms with E-state index in [9.17, 15) is 0 Å². The third-order valence-electron chi connectivity index (χ3n) is 4.37. The van der Waals surface area contributed by atoms with E-state index in [1.807, 2.05) is 0 Å². The predicted molar refractivity (Wildman–Crippen MR) is 93.8 cm³/mol. The minimum Gasteiger partial charge on any atom is -0.317 e. The number of nitrogens with zero attached hydrogens (tertiary/aromatic N) is 2. The molecule has 0 unspecified atom stereocenters. The zero-order valence-corrected chi connectivity index (χ0v) is 12.8. The molecule has 3 heteroatoms. The molecule has 0 N–H and O–H groups in total. The van der Waals surface area contributed by atoms with Crippen molar-refractivity contribution in [1.82, 2.24) is 0 Å². The van der Waals surface area contributed by atoms with Gasteiger partial charge in [-0.15, -0.1) is 0 Å². The number of hydrogen-bond donors (Lipinski definition) is 0. The molecule has 2 aliphatic heterocycles. The average Bonchev–Trinajstić information content (AvgIpc) is 3.12. The molecule has 0 bridgehead atoms. The highest BCUT2D eigenvalue weighted by molar-refractivity contribution is 8.14. The van der Waals surface area contributed by atoms with Crippen molar-refractivity contribution in [2.45, 2.75) is 10.9 Å². The van der Waals surface area contributed by atoms with Crippen LogP contribution in [0.1, 0.15) is 11.6 Å². The minimum absolute atomic E-state index is 0.237. The molecule has 3 aromatic rings. The highest BCUT2D eigenvalue weighted by Crippen LogP contribution is 2.45. The molecule has 22 heavy (non-hydrogen) atoms. The van der Waals surface area contributed by atoms with Crippen molar-refractivity contribution in [3.8, 4) is 0 Å². The van der Waals surface area contributed by atoms with Gasteiger partial charge in [0, 0.05) is 4.90 Å². The van der Waals surface area contributed by atoms with Crippen LogP contribution < -0.4 is 4.90 Å². The van der Waals surface area contributed by atoms with E-state index in [-0.39, 0.29) is 6.04 Å². The van der Waals surface area contributed by atoms with Crippen LogP contribution in [0.5, 0.6) is 0 Å². The van der Waals surface area contributed by atoms with Gasteiger partial charge in [-0.1, -0.05) is 48.5 Å². The summed E-state index contributed by atoms with van der Waals surface area (Å²) in [4.78, 5) is 8.61. The molecular weight excluding hydrogens is 288 g/mol. The summed E-state index contributed by atoms with van der Waals surface area (Å²) < 4.78 is 0. The molecule has 2 aliphatic rings. The number of rotatable bonds is 1. The van der Waals surface area contributed by atoms with Crippen molar-refractivity contribution in [2.24, 2.45) is 4.99 Å². The van der Waals surface area contributed by atoms with E-state index in [0.29, 0.717) is 0 Å². The van der Waals surface area contributed by atoms with Gasteiger partial charge < -0.3 is 4.90 Å². The monoisotopic (exact) mass is 302 g/mol. The molecule has 0 saturated carbocycles. The summed E-state index contributed by atoms with van der Waals surface area (Å²) in [5.74, 6) is 0. The van der Waals surface area contributed by atoms with Crippen LogP contribution in [0.25, 0.3) is 10.8 Å². The van der Waals surface area contributed by atoms with E-state index in [1.54, 1.807) is 11.8 Å². The maximum Gasteiger partial charge on any atom is 0.169 e. The first-order valence-electron chi connectivity index (χ1n) is 7.49. The van der Waals surface area contributed by atoms with Crippen LogP contribution in [0.15, 0.2) is 76.6 Å². The van der Waals surface area contributed by atoms with Gasteiger partial charge in [0.1, 0.15) is 0 Å². The lowest BCUT2D eigenvalue weighted by Gasteiger charge is -2.15. The van der Waals surface area contributed by atoms with Crippen LogP contribution in [-0.4, -0.2) is 11.7 Å². The van der Waals surface area contributed by atoms with Crippen molar-refractivity contribution < 1.29 is 0 Å². The summed E-state index contributed by atoms with van der Waals surface area (Å²) in [6, 6.07) is 24.0. The van der Waals surface area contributed by atoms with Crippen molar-refractivity contribution in [3.05, 3.63) is 72.3 Å². The normalized spacial score (nSPS) is 19.2. The topological polar surface area (TPSA) is 15.6 Å². The smallest absolute Gasteiger partial charge is 0.169 e. The number of para-hydroxylation sites is 1. The summed E-state index contributed by atoms with van der Waals surface area (Å²) in [6.45, 7) is 0.942. The molecule has 0 aromatic heterocycles. The Balaban J connectivity index is 1.52. The van der Waals surface area contributed by atoms with Crippen LogP contribution in [0.4, 0.5) is 5.69 Å². The Morgan fingerprint density at radius 3 is 2.68 bits per heavy atom. The fourth-order valence-electron chi connectivity index (χ4n) is 3.24. The molecule has 2 heterocycles. The Morgan fingerprint density at radius 2 is 1.73 bits per heavy atom. The van der Waals surface area contributed by atoms with Crippen LogP contribution in [-0.2, 0) is 0 Å². The maximum absolute atomic E-state index is 4.95. The van der Waals surface area contributed by atoms with E-state index in [2.05, 4.69) is 71.6 Å². The summed E-state index contributed by atoms with van der Waals surface area (Å²) in [5, 5.41) is 3.72. The van der Waals surface area contributed by atoms with E-state index >= 15 is 0 Å². The largest absolute Gasteiger partial charge is 0.317 e. The second-order valence-corrected chi connectivity index (χ2v) is 6.72. The highest BCUT2D eigenvalue weighted by atomic mass is 32.2. The minimum atomic E-state index is 0.237. The second-order valence-electron chi connectivity index (χ2n) is 5.71. The molecule has 106 valence electrons. The number of amidine groups is 1. The number of hydrogen-bond acceptors (Lipinski definition) is 3. The lowest BCUT2D eigenvalue weighted by Crippen LogP contribution is -2.21. The number of thioether (sulfide) groups is 1. The summed E-state index contributed by atoms with van der Waals surface area (Å²) in [6.07, 6.45) is 0. The molecule has 0 spiro atoms. The zero-order chi connectivity index (χ0) is 14.5. The van der Waals surface area contributed by atoms with Crippen LogP contribution in [0, 0.1) is 0 Å². The first kappa shape index (κ1) is 12.3. The Bertz CT molecular complexity index is 916. The molecule has 0 saturated heterocycles. The van der Waals surface area contributed by atoms with Crippen molar-refractivity contribution in [1.29, 1.82) is 0 Å². The van der Waals surface area contributed by atoms with Gasteiger partial charge in [-0.25, -0.2) is 0 Å². The Labute approximate surface area is 133 Å². The van der Waals surface area contributed by atoms with E-state index in [4.69, 9.17) is 4.99 Å². The van der Waals surface area contributed by atoms with Gasteiger partial charge >= 0.3 is 0 Å². The highest BCUT2D eigenvalue weighted by Gasteiger charge is 2.34. The number of aliphatic imine (C=N–C) groups is 1. The van der Waals surface area contributed by atoms with Gasteiger partial charge in [-0.3, -0.25) is 4.99 Å². The van der Waals surface area contributed by atoms with Crippen LogP contribution in [0.2, 0.25) is 0 Å². The number of benzene rings is 3. The molecule has 0 fully saturated rings. The molecule has 2 nitrogen and oxygen atoms in total. The van der Waals surface area contributed by atoms with Gasteiger partial charge in [0.15, 0.2) is 5.17 Å². The Kier molecular flexibility index (Phi) is 2.58. The van der Waals surface area contributed by atoms with E-state index in [1.165, 1.54) is 26.9 Å². The first-order valence-corrected chi connectivity index (χ1v) is 8.31. The zero-order valence-electron chi connectivity index (χ0n) is 11.9. The van der Waals surface area contributed by atoms with Gasteiger partial charge in [0.2, 0.25) is 0 Å². The number of fused-ring (bicyclic) bond motifs is 4. The Morgan fingerprint density at radius 1 is 0.909 bits per heavy atom. The third-order valence-corrected chi connectivity index (χ3v) is 5.44. The standard InChI is InChI=1S/C19H14N2S/c1-2-6-14-11-15(10-9-13(14)5-1)16-12-21-17-7-3-4-8-18(17)22-19(21)20-16/h1-11,16H,12H2/t16-/m1/s1. The van der Waals surface area contributed by atoms with E-state index in [0.717, 1.165) is 11.7 Å². The van der Waals surface area contributed by atoms with Crippen LogP contribution >= 0.6 is 11.8 Å². The van der Waals surface area contributed by atoms with Crippen molar-refractivity contribution in [2.75, 3.05) is 11.4 Å². The predicted octanol–water partition coefficient (Wildman–Crippen LogP) is 4.86. The van der Waals surface area contributed by atoms with Gasteiger partial charge in [0.05, 0.1) is 18.3 Å². The lowest BCUT2D eigenvalue weighted by molar-refractivity contribution is 0.780. The fraction of sp³-hybridized carbons (Fsp3) is 0.105. The molecule has 5 rings (SSSR count). The molecule has 1 atom stereocenters. The molecule has 0 aliphatic carbocycles. The average molecular weight is 302 g/mol. The summed E-state index contributed by atoms with van der Waals surface area (Å²) >= 11 is 1.78. The van der Waals surface area contributed by atoms with Gasteiger partial charge in [0.25, 0.3) is 0 Å². The quantitative estimate of drug-likeness (QED) is 0.638. The lowest BCUT2D eigenvalue weighted by atomic mass is 10.0. The first-order chi connectivity index (χ1) is 10.9. The van der Waals surface area contributed by atoms with Gasteiger partial charge in [-0.05, 0) is 46.3 Å². The fourth-order valence-corrected chi connectivity index (χ4v) is 4.33. The van der Waals surface area contributed by atoms with Crippen LogP contribution in [0.3, 0.4) is 0 Å². The van der Waals surface area contributed by atoms with Gasteiger partial charge in [-0.2, -0.15) is 0 Å². The molecule has 0 amide bonds. The SMILES string of the molecule is c1ccc2c(c1)SC1=N[C@@H](c3ccc4ccccc4c3)CN12.